The first-order valence-electron chi connectivity index (χ1n) is 13.3. The summed E-state index contributed by atoms with van der Waals surface area (Å²) in [6, 6.07) is 22.8. The number of rotatable bonds is 10. The van der Waals surface area contributed by atoms with E-state index in [9.17, 15) is 9.59 Å². The second-order valence-corrected chi connectivity index (χ2v) is 10.1. The van der Waals surface area contributed by atoms with Crippen LogP contribution in [0.25, 0.3) is 16.8 Å². The Morgan fingerprint density at radius 3 is 2.30 bits per heavy atom. The van der Waals surface area contributed by atoms with Crippen LogP contribution in [0.1, 0.15) is 35.5 Å². The number of nitrogens with zero attached hydrogens (tertiary/aromatic N) is 3. The lowest BCUT2D eigenvalue weighted by atomic mass is 10.1. The molecule has 0 unspecified atom stereocenters. The molecule has 0 saturated carbocycles. The Hall–Kier alpha value is -4.59. The number of benzene rings is 3. The molecule has 8 heteroatoms. The summed E-state index contributed by atoms with van der Waals surface area (Å²) in [4.78, 5) is 28.9. The molecule has 40 heavy (non-hydrogen) atoms. The number of carbonyl (C=O) groups excluding carboxylic acids is 2. The van der Waals surface area contributed by atoms with Gasteiger partial charge in [0.1, 0.15) is 23.9 Å². The van der Waals surface area contributed by atoms with Crippen molar-refractivity contribution in [2.24, 2.45) is 5.92 Å². The van der Waals surface area contributed by atoms with Crippen LogP contribution in [0.3, 0.4) is 0 Å². The molecular weight excluding hydrogens is 504 g/mol. The molecule has 1 N–H and O–H groups in total. The van der Waals surface area contributed by atoms with Crippen LogP contribution in [0.5, 0.6) is 11.5 Å². The molecule has 0 aliphatic heterocycles. The molecule has 4 aromatic rings. The summed E-state index contributed by atoms with van der Waals surface area (Å²) in [7, 11) is 3.06. The van der Waals surface area contributed by atoms with Gasteiger partial charge in [0, 0.05) is 18.2 Å². The number of aryl methyl sites for hydroxylation is 2. The Kier molecular flexibility index (Phi) is 8.89. The highest BCUT2D eigenvalue weighted by Crippen LogP contribution is 2.34. The Balaban J connectivity index is 1.70. The summed E-state index contributed by atoms with van der Waals surface area (Å²) in [6.07, 6.45) is 0. The molecule has 208 valence electrons. The molecule has 0 atom stereocenters. The van der Waals surface area contributed by atoms with Gasteiger partial charge in [-0.3, -0.25) is 9.59 Å². The predicted molar refractivity (Wildman–Crippen MR) is 157 cm³/mol. The van der Waals surface area contributed by atoms with Crippen molar-refractivity contribution in [2.75, 3.05) is 32.6 Å². The number of carbonyl (C=O) groups is 2. The van der Waals surface area contributed by atoms with Crippen molar-refractivity contribution < 1.29 is 19.1 Å². The summed E-state index contributed by atoms with van der Waals surface area (Å²) in [5.74, 6) is 1.04. The number of aromatic nitrogens is 2. The third kappa shape index (κ3) is 6.17. The first-order valence-corrected chi connectivity index (χ1v) is 13.3. The molecule has 0 aliphatic carbocycles. The zero-order chi connectivity index (χ0) is 28.8. The fourth-order valence-electron chi connectivity index (χ4n) is 4.72. The van der Waals surface area contributed by atoms with Crippen LogP contribution in [0.2, 0.25) is 0 Å². The van der Waals surface area contributed by atoms with E-state index in [1.165, 1.54) is 7.11 Å². The average molecular weight is 541 g/mol. The molecule has 0 spiro atoms. The molecule has 0 radical (unpaired) electrons. The third-order valence-electron chi connectivity index (χ3n) is 6.57. The van der Waals surface area contributed by atoms with Crippen molar-refractivity contribution in [3.63, 3.8) is 0 Å². The summed E-state index contributed by atoms with van der Waals surface area (Å²) in [5, 5.41) is 7.91. The van der Waals surface area contributed by atoms with Gasteiger partial charge in [0.2, 0.25) is 5.91 Å². The van der Waals surface area contributed by atoms with Gasteiger partial charge in [-0.05, 0) is 49.1 Å². The quantitative estimate of drug-likeness (QED) is 0.270. The molecule has 0 bridgehead atoms. The van der Waals surface area contributed by atoms with Gasteiger partial charge in [-0.15, -0.1) is 0 Å². The smallest absolute Gasteiger partial charge is 0.258 e. The zero-order valence-corrected chi connectivity index (χ0v) is 23.9. The highest BCUT2D eigenvalue weighted by molar-refractivity contribution is 6.02. The molecular formula is C32H36N4O4. The first-order chi connectivity index (χ1) is 19.2. The lowest BCUT2D eigenvalue weighted by Gasteiger charge is -2.25. The molecule has 1 heterocycles. The van der Waals surface area contributed by atoms with Crippen molar-refractivity contribution >= 4 is 17.6 Å². The first kappa shape index (κ1) is 28.4. The van der Waals surface area contributed by atoms with Crippen molar-refractivity contribution in [3.05, 3.63) is 89.6 Å². The summed E-state index contributed by atoms with van der Waals surface area (Å²) >= 11 is 0. The van der Waals surface area contributed by atoms with Gasteiger partial charge in [-0.25, -0.2) is 4.68 Å². The van der Waals surface area contributed by atoms with Crippen LogP contribution < -0.4 is 14.8 Å². The maximum absolute atomic E-state index is 13.7. The highest BCUT2D eigenvalue weighted by Gasteiger charge is 2.26. The van der Waals surface area contributed by atoms with E-state index in [2.05, 4.69) is 5.32 Å². The monoisotopic (exact) mass is 540 g/mol. The van der Waals surface area contributed by atoms with Gasteiger partial charge in [0.05, 0.1) is 31.2 Å². The van der Waals surface area contributed by atoms with E-state index < -0.39 is 0 Å². The van der Waals surface area contributed by atoms with Gasteiger partial charge >= 0.3 is 0 Å². The van der Waals surface area contributed by atoms with E-state index in [-0.39, 0.29) is 24.3 Å². The number of hydrogen-bond donors (Lipinski definition) is 1. The van der Waals surface area contributed by atoms with Gasteiger partial charge in [0.25, 0.3) is 5.91 Å². The van der Waals surface area contributed by atoms with E-state index in [4.69, 9.17) is 14.6 Å². The van der Waals surface area contributed by atoms with E-state index in [0.29, 0.717) is 29.4 Å². The molecule has 0 saturated heterocycles. The molecule has 1 aromatic heterocycles. The van der Waals surface area contributed by atoms with Gasteiger partial charge < -0.3 is 19.7 Å². The summed E-state index contributed by atoms with van der Waals surface area (Å²) < 4.78 is 12.5. The molecule has 0 fully saturated rings. The van der Waals surface area contributed by atoms with Crippen LogP contribution in [0, 0.1) is 19.8 Å². The predicted octanol–water partition coefficient (Wildman–Crippen LogP) is 5.91. The Bertz CT molecular complexity index is 1490. The van der Waals surface area contributed by atoms with Crippen LogP contribution in [-0.2, 0) is 4.79 Å². The minimum atomic E-state index is -0.326. The average Bonchev–Trinajstić information content (AvgIpc) is 3.27. The summed E-state index contributed by atoms with van der Waals surface area (Å²) in [5.41, 5.74) is 4.79. The molecule has 8 nitrogen and oxygen atoms in total. The van der Waals surface area contributed by atoms with Crippen LogP contribution in [0.4, 0.5) is 5.82 Å². The number of hydrogen-bond acceptors (Lipinski definition) is 5. The minimum Gasteiger partial charge on any atom is -0.497 e. The minimum absolute atomic E-state index is 0.139. The number of para-hydroxylation sites is 1. The highest BCUT2D eigenvalue weighted by atomic mass is 16.5. The second kappa shape index (κ2) is 12.5. The fraction of sp³-hybridized carbons (Fsp3) is 0.281. The van der Waals surface area contributed by atoms with Crippen LogP contribution in [0.15, 0.2) is 72.8 Å². The Morgan fingerprint density at radius 1 is 0.950 bits per heavy atom. The van der Waals surface area contributed by atoms with Gasteiger partial charge in [0.15, 0.2) is 0 Å². The van der Waals surface area contributed by atoms with Crippen molar-refractivity contribution in [1.29, 1.82) is 0 Å². The molecule has 4 rings (SSSR count). The van der Waals surface area contributed by atoms with E-state index in [0.717, 1.165) is 28.1 Å². The van der Waals surface area contributed by atoms with E-state index >= 15 is 0 Å². The maximum atomic E-state index is 13.7. The van der Waals surface area contributed by atoms with Crippen molar-refractivity contribution in [2.45, 2.75) is 27.7 Å². The number of amides is 2. The van der Waals surface area contributed by atoms with Gasteiger partial charge in [-0.1, -0.05) is 62.4 Å². The number of methoxy groups -OCH3 is 2. The van der Waals surface area contributed by atoms with Crippen molar-refractivity contribution in [3.8, 4) is 28.3 Å². The number of nitrogens with one attached hydrogen (secondary N) is 1. The summed E-state index contributed by atoms with van der Waals surface area (Å²) in [6.45, 7) is 8.20. The van der Waals surface area contributed by atoms with Crippen LogP contribution in [-0.4, -0.2) is 53.8 Å². The maximum Gasteiger partial charge on any atom is 0.258 e. The molecule has 0 aliphatic rings. The number of ether oxygens (including phenoxy) is 2. The lowest BCUT2D eigenvalue weighted by molar-refractivity contribution is -0.117. The Labute approximate surface area is 235 Å². The Morgan fingerprint density at radius 2 is 1.65 bits per heavy atom. The number of anilines is 1. The standard InChI is InChI=1S/C32H36N4O4/c1-21(2)19-35(32(38)26-17-16-25(39-5)18-28(26)40-6)20-29(37)33-31-30(24-13-8-7-9-14-24)23(4)34-36(31)27-15-11-10-12-22(27)3/h7-18,21H,19-20H2,1-6H3,(H,33,37). The van der Waals surface area contributed by atoms with E-state index in [1.807, 2.05) is 82.3 Å². The SMILES string of the molecule is COc1ccc(C(=O)N(CC(=O)Nc2c(-c3ccccc3)c(C)nn2-c2ccccc2C)CC(C)C)c(OC)c1. The molecule has 3 aromatic carbocycles. The normalized spacial score (nSPS) is 10.9. The zero-order valence-electron chi connectivity index (χ0n) is 23.9. The largest absolute Gasteiger partial charge is 0.497 e. The van der Waals surface area contributed by atoms with E-state index in [1.54, 1.807) is 34.9 Å². The van der Waals surface area contributed by atoms with Crippen LogP contribution >= 0.6 is 0 Å². The fourth-order valence-corrected chi connectivity index (χ4v) is 4.72. The lowest BCUT2D eigenvalue weighted by Crippen LogP contribution is -2.40. The molecule has 2 amide bonds. The third-order valence-corrected chi connectivity index (χ3v) is 6.57. The van der Waals surface area contributed by atoms with Gasteiger partial charge in [-0.2, -0.15) is 5.10 Å². The topological polar surface area (TPSA) is 85.7 Å². The second-order valence-electron chi connectivity index (χ2n) is 10.1. The van der Waals surface area contributed by atoms with Crippen molar-refractivity contribution in [1.82, 2.24) is 14.7 Å².